The molecule has 220 valence electrons. The van der Waals surface area contributed by atoms with Gasteiger partial charge in [0.15, 0.2) is 11.2 Å². The van der Waals surface area contributed by atoms with Gasteiger partial charge in [0.2, 0.25) is 0 Å². The van der Waals surface area contributed by atoms with Gasteiger partial charge in [0, 0.05) is 31.3 Å². The van der Waals surface area contributed by atoms with Crippen molar-refractivity contribution in [2.24, 2.45) is 5.92 Å². The van der Waals surface area contributed by atoms with E-state index in [1.54, 1.807) is 47.0 Å². The van der Waals surface area contributed by atoms with Gasteiger partial charge in [0.1, 0.15) is 22.9 Å². The highest BCUT2D eigenvalue weighted by Crippen LogP contribution is 2.31. The second-order valence-corrected chi connectivity index (χ2v) is 11.5. The number of ketones is 1. The van der Waals surface area contributed by atoms with Gasteiger partial charge >= 0.3 is 6.09 Å². The van der Waals surface area contributed by atoms with Crippen LogP contribution < -0.4 is 14.9 Å². The number of likely N-dealkylation sites (tertiary alicyclic amines) is 1. The van der Waals surface area contributed by atoms with Gasteiger partial charge in [-0.15, -0.1) is 0 Å². The first-order valence-corrected chi connectivity index (χ1v) is 14.1. The molecule has 0 unspecified atom stereocenters. The molecule has 4 rings (SSSR count). The Labute approximate surface area is 240 Å². The van der Waals surface area contributed by atoms with Crippen molar-refractivity contribution in [1.29, 1.82) is 0 Å². The number of carbonyl (C=O) groups is 2. The van der Waals surface area contributed by atoms with E-state index >= 15 is 4.39 Å². The third-order valence-corrected chi connectivity index (χ3v) is 7.13. The Kier molecular flexibility index (Phi) is 9.35. The highest BCUT2D eigenvalue weighted by atomic mass is 19.1. The SMILES string of the molecule is CCCOc1ccc(F)c2c(=O)c(-c3ccc(OC)cc3)cn(CC(=O)CC3CCN(C(=O)OC(C)(C)C)CC3)c12. The second-order valence-electron chi connectivity index (χ2n) is 11.5. The number of piperidine rings is 1. The first-order chi connectivity index (χ1) is 19.5. The van der Waals surface area contributed by atoms with Gasteiger partial charge in [-0.2, -0.15) is 0 Å². The van der Waals surface area contributed by atoms with Crippen molar-refractivity contribution in [1.82, 2.24) is 9.47 Å². The summed E-state index contributed by atoms with van der Waals surface area (Å²) in [4.78, 5) is 41.1. The van der Waals surface area contributed by atoms with Crippen LogP contribution in [-0.4, -0.2) is 53.8 Å². The molecule has 0 saturated carbocycles. The first-order valence-electron chi connectivity index (χ1n) is 14.1. The zero-order valence-electron chi connectivity index (χ0n) is 24.5. The zero-order valence-corrected chi connectivity index (χ0v) is 24.5. The van der Waals surface area contributed by atoms with Crippen molar-refractivity contribution in [2.45, 2.75) is 65.5 Å². The molecule has 2 heterocycles. The second kappa shape index (κ2) is 12.7. The van der Waals surface area contributed by atoms with Crippen molar-refractivity contribution in [3.8, 4) is 22.6 Å². The van der Waals surface area contributed by atoms with Gasteiger partial charge in [-0.1, -0.05) is 19.1 Å². The number of fused-ring (bicyclic) bond motifs is 1. The number of benzene rings is 2. The lowest BCUT2D eigenvalue weighted by Gasteiger charge is -2.33. The lowest BCUT2D eigenvalue weighted by Crippen LogP contribution is -2.42. The Hall–Kier alpha value is -3.88. The summed E-state index contributed by atoms with van der Waals surface area (Å²) in [6, 6.07) is 9.68. The van der Waals surface area contributed by atoms with Crippen molar-refractivity contribution in [3.05, 3.63) is 58.6 Å². The molecule has 1 aromatic heterocycles. The molecule has 0 bridgehead atoms. The Morgan fingerprint density at radius 3 is 2.34 bits per heavy atom. The van der Waals surface area contributed by atoms with Crippen LogP contribution in [0.5, 0.6) is 11.5 Å². The Balaban J connectivity index is 1.61. The van der Waals surface area contributed by atoms with E-state index in [9.17, 15) is 14.4 Å². The highest BCUT2D eigenvalue weighted by Gasteiger charge is 2.28. The first kappa shape index (κ1) is 30.1. The minimum atomic E-state index is -0.667. The number of rotatable bonds is 9. The molecule has 0 spiro atoms. The number of ether oxygens (including phenoxy) is 3. The van der Waals surface area contributed by atoms with Crippen LogP contribution in [-0.2, 0) is 16.1 Å². The predicted molar refractivity (Wildman–Crippen MR) is 156 cm³/mol. The predicted octanol–water partition coefficient (Wildman–Crippen LogP) is 6.21. The van der Waals surface area contributed by atoms with E-state index in [1.807, 2.05) is 27.7 Å². The molecule has 8 nitrogen and oxygen atoms in total. The lowest BCUT2D eigenvalue weighted by atomic mass is 9.91. The Morgan fingerprint density at radius 1 is 1.05 bits per heavy atom. The molecule has 3 aromatic rings. The van der Waals surface area contributed by atoms with Crippen LogP contribution in [0.3, 0.4) is 0 Å². The number of hydrogen-bond acceptors (Lipinski definition) is 6. The summed E-state index contributed by atoms with van der Waals surface area (Å²) >= 11 is 0. The molecule has 1 aliphatic heterocycles. The Morgan fingerprint density at radius 2 is 1.73 bits per heavy atom. The fourth-order valence-corrected chi connectivity index (χ4v) is 5.11. The lowest BCUT2D eigenvalue weighted by molar-refractivity contribution is -0.120. The number of Topliss-reactive ketones (excluding diaryl/α,β-unsaturated/α-hetero) is 1. The van der Waals surface area contributed by atoms with Gasteiger partial charge in [0.05, 0.1) is 31.2 Å². The Bertz CT molecular complexity index is 1450. The quantitative estimate of drug-likeness (QED) is 0.306. The van der Waals surface area contributed by atoms with Crippen LogP contribution in [0.4, 0.5) is 9.18 Å². The monoisotopic (exact) mass is 566 g/mol. The largest absolute Gasteiger partial charge is 0.497 e. The molecule has 0 N–H and O–H groups in total. The molecular formula is C32H39FN2O6. The summed E-state index contributed by atoms with van der Waals surface area (Å²) in [5.41, 5.74) is 0.113. The van der Waals surface area contributed by atoms with Crippen LogP contribution in [0.2, 0.25) is 0 Å². The van der Waals surface area contributed by atoms with Crippen molar-refractivity contribution >= 4 is 22.8 Å². The number of hydrogen-bond donors (Lipinski definition) is 0. The normalized spacial score (nSPS) is 14.2. The average molecular weight is 567 g/mol. The van der Waals surface area contributed by atoms with Gasteiger partial charge in [0.25, 0.3) is 0 Å². The number of pyridine rings is 1. The van der Waals surface area contributed by atoms with Crippen molar-refractivity contribution in [3.63, 3.8) is 0 Å². The fraction of sp³-hybridized carbons (Fsp3) is 0.469. The highest BCUT2D eigenvalue weighted by molar-refractivity contribution is 5.91. The van der Waals surface area contributed by atoms with Crippen molar-refractivity contribution < 1.29 is 28.2 Å². The van der Waals surface area contributed by atoms with E-state index < -0.39 is 16.8 Å². The number of halogens is 1. The average Bonchev–Trinajstić information content (AvgIpc) is 2.93. The van der Waals surface area contributed by atoms with E-state index in [4.69, 9.17) is 14.2 Å². The van der Waals surface area contributed by atoms with E-state index in [0.717, 1.165) is 6.42 Å². The fourth-order valence-electron chi connectivity index (χ4n) is 5.11. The zero-order chi connectivity index (χ0) is 29.7. The van der Waals surface area contributed by atoms with Crippen LogP contribution in [0.15, 0.2) is 47.4 Å². The summed E-state index contributed by atoms with van der Waals surface area (Å²) in [6.45, 7) is 8.85. The van der Waals surface area contributed by atoms with Gasteiger partial charge in [-0.05, 0) is 75.8 Å². The van der Waals surface area contributed by atoms with Crippen molar-refractivity contribution in [2.75, 3.05) is 26.8 Å². The molecule has 1 saturated heterocycles. The molecule has 9 heteroatoms. The minimum absolute atomic E-state index is 0.0435. The molecule has 0 radical (unpaired) electrons. The van der Waals surface area contributed by atoms with Crippen LogP contribution in [0, 0.1) is 11.7 Å². The molecular weight excluding hydrogens is 527 g/mol. The maximum Gasteiger partial charge on any atom is 0.410 e. The third-order valence-electron chi connectivity index (χ3n) is 7.13. The smallest absolute Gasteiger partial charge is 0.410 e. The van der Waals surface area contributed by atoms with Crippen LogP contribution >= 0.6 is 0 Å². The molecule has 1 aliphatic rings. The maximum absolute atomic E-state index is 15.2. The summed E-state index contributed by atoms with van der Waals surface area (Å²) < 4.78 is 33.5. The standard InChI is InChI=1S/C32H39FN2O6/c1-6-17-40-27-12-11-26(33)28-29(27)35(20-25(30(28)37)22-7-9-24(39-5)10-8-22)19-23(36)18-21-13-15-34(16-14-21)31(38)41-32(2,3)4/h7-12,20-21H,6,13-19H2,1-5H3. The molecule has 41 heavy (non-hydrogen) atoms. The third kappa shape index (κ3) is 7.26. The van der Waals surface area contributed by atoms with Crippen LogP contribution in [0.25, 0.3) is 22.0 Å². The maximum atomic E-state index is 15.2. The molecule has 0 aliphatic carbocycles. The van der Waals surface area contributed by atoms with E-state index in [0.29, 0.717) is 56.0 Å². The molecule has 2 aromatic carbocycles. The number of aromatic nitrogens is 1. The number of methoxy groups -OCH3 is 1. The topological polar surface area (TPSA) is 87.1 Å². The van der Waals surface area contributed by atoms with E-state index in [2.05, 4.69) is 0 Å². The van der Waals surface area contributed by atoms with E-state index in [-0.39, 0.29) is 40.8 Å². The number of carbonyl (C=O) groups excluding carboxylic acids is 2. The number of amides is 1. The summed E-state index contributed by atoms with van der Waals surface area (Å²) in [7, 11) is 1.55. The van der Waals surface area contributed by atoms with Gasteiger partial charge in [-0.3, -0.25) is 9.59 Å². The van der Waals surface area contributed by atoms with Crippen LogP contribution in [0.1, 0.15) is 53.4 Å². The summed E-state index contributed by atoms with van der Waals surface area (Å²) in [6.07, 6.45) is 3.70. The van der Waals surface area contributed by atoms with Gasteiger partial charge in [-0.25, -0.2) is 9.18 Å². The summed E-state index contributed by atoms with van der Waals surface area (Å²) in [5.74, 6) is 0.390. The van der Waals surface area contributed by atoms with E-state index in [1.165, 1.54) is 12.1 Å². The van der Waals surface area contributed by atoms with Gasteiger partial charge < -0.3 is 23.7 Å². The number of nitrogens with zero attached hydrogens (tertiary/aromatic N) is 2. The molecule has 1 amide bonds. The minimum Gasteiger partial charge on any atom is -0.497 e. The molecule has 1 fully saturated rings. The molecule has 0 atom stereocenters. The summed E-state index contributed by atoms with van der Waals surface area (Å²) in [5, 5.41) is -0.106.